The first-order chi connectivity index (χ1) is 8.66. The predicted octanol–water partition coefficient (Wildman–Crippen LogP) is 2.02. The van der Waals surface area contributed by atoms with Gasteiger partial charge in [-0.2, -0.15) is 0 Å². The third-order valence-corrected chi connectivity index (χ3v) is 4.23. The van der Waals surface area contributed by atoms with E-state index in [0.717, 1.165) is 12.8 Å². The fraction of sp³-hybridized carbons (Fsp3) is 0.929. The molecule has 0 aromatic heterocycles. The van der Waals surface area contributed by atoms with E-state index in [9.17, 15) is 4.79 Å². The second kappa shape index (κ2) is 6.02. The molecule has 4 heteroatoms. The van der Waals surface area contributed by atoms with Gasteiger partial charge < -0.3 is 9.47 Å². The van der Waals surface area contributed by atoms with Crippen molar-refractivity contribution in [3.05, 3.63) is 0 Å². The van der Waals surface area contributed by atoms with Crippen molar-refractivity contribution in [1.82, 2.24) is 5.32 Å². The molecule has 2 aliphatic rings. The van der Waals surface area contributed by atoms with E-state index in [1.807, 2.05) is 6.92 Å². The SMILES string of the molecule is COC(=O)C1(NC2CCCCC2)CCOC(C)C1. The van der Waals surface area contributed by atoms with Crippen molar-refractivity contribution in [2.24, 2.45) is 0 Å². The molecule has 0 aromatic rings. The van der Waals surface area contributed by atoms with Crippen LogP contribution in [0.15, 0.2) is 0 Å². The lowest BCUT2D eigenvalue weighted by Gasteiger charge is -2.41. The molecule has 2 unspecified atom stereocenters. The maximum Gasteiger partial charge on any atom is 0.326 e. The van der Waals surface area contributed by atoms with Gasteiger partial charge in [0.1, 0.15) is 5.54 Å². The van der Waals surface area contributed by atoms with E-state index in [4.69, 9.17) is 9.47 Å². The molecule has 1 aliphatic heterocycles. The van der Waals surface area contributed by atoms with E-state index in [2.05, 4.69) is 5.32 Å². The molecule has 4 nitrogen and oxygen atoms in total. The van der Waals surface area contributed by atoms with Crippen LogP contribution in [0.25, 0.3) is 0 Å². The first-order valence-corrected chi connectivity index (χ1v) is 7.14. The number of carbonyl (C=O) groups is 1. The minimum Gasteiger partial charge on any atom is -0.468 e. The van der Waals surface area contributed by atoms with Crippen molar-refractivity contribution in [3.63, 3.8) is 0 Å². The highest BCUT2D eigenvalue weighted by molar-refractivity contribution is 5.81. The zero-order chi connectivity index (χ0) is 13.0. The standard InChI is InChI=1S/C14H25NO3/c1-11-10-14(8-9-18-11,13(16)17-2)15-12-6-4-3-5-7-12/h11-12,15H,3-10H2,1-2H3. The Morgan fingerprint density at radius 1 is 1.33 bits per heavy atom. The predicted molar refractivity (Wildman–Crippen MR) is 69.4 cm³/mol. The summed E-state index contributed by atoms with van der Waals surface area (Å²) in [6, 6.07) is 0.461. The van der Waals surface area contributed by atoms with Gasteiger partial charge in [-0.15, -0.1) is 0 Å². The summed E-state index contributed by atoms with van der Waals surface area (Å²) in [6.07, 6.45) is 7.76. The number of esters is 1. The lowest BCUT2D eigenvalue weighted by Crippen LogP contribution is -2.60. The molecule has 0 bridgehead atoms. The summed E-state index contributed by atoms with van der Waals surface area (Å²) in [7, 11) is 1.48. The topological polar surface area (TPSA) is 47.6 Å². The highest BCUT2D eigenvalue weighted by atomic mass is 16.5. The Morgan fingerprint density at radius 2 is 2.06 bits per heavy atom. The Bertz CT molecular complexity index is 289. The molecule has 0 aromatic carbocycles. The van der Waals surface area contributed by atoms with Crippen LogP contribution in [0.5, 0.6) is 0 Å². The number of hydrogen-bond acceptors (Lipinski definition) is 4. The van der Waals surface area contributed by atoms with Crippen molar-refractivity contribution in [1.29, 1.82) is 0 Å². The highest BCUT2D eigenvalue weighted by Gasteiger charge is 2.44. The van der Waals surface area contributed by atoms with Gasteiger partial charge in [-0.25, -0.2) is 0 Å². The van der Waals surface area contributed by atoms with Crippen LogP contribution in [0.4, 0.5) is 0 Å². The largest absolute Gasteiger partial charge is 0.468 e. The molecule has 2 fully saturated rings. The Balaban J connectivity index is 2.06. The van der Waals surface area contributed by atoms with E-state index in [0.29, 0.717) is 12.6 Å². The molecular weight excluding hydrogens is 230 g/mol. The molecule has 2 atom stereocenters. The van der Waals surface area contributed by atoms with E-state index in [-0.39, 0.29) is 12.1 Å². The lowest BCUT2D eigenvalue weighted by atomic mass is 9.84. The molecule has 0 radical (unpaired) electrons. The molecule has 1 N–H and O–H groups in total. The first-order valence-electron chi connectivity index (χ1n) is 7.14. The van der Waals surface area contributed by atoms with Gasteiger partial charge in [-0.1, -0.05) is 19.3 Å². The van der Waals surface area contributed by atoms with E-state index in [1.54, 1.807) is 0 Å². The van der Waals surface area contributed by atoms with E-state index >= 15 is 0 Å². The maximum absolute atomic E-state index is 12.2. The number of methoxy groups -OCH3 is 1. The van der Waals surface area contributed by atoms with Crippen molar-refractivity contribution < 1.29 is 14.3 Å². The second-order valence-electron chi connectivity index (χ2n) is 5.69. The van der Waals surface area contributed by atoms with Gasteiger partial charge in [-0.3, -0.25) is 10.1 Å². The van der Waals surface area contributed by atoms with E-state index < -0.39 is 5.54 Å². The average molecular weight is 255 g/mol. The fourth-order valence-electron chi connectivity index (χ4n) is 3.29. The average Bonchev–Trinajstić information content (AvgIpc) is 2.39. The van der Waals surface area contributed by atoms with Crippen molar-refractivity contribution in [2.45, 2.75) is 69.6 Å². The molecule has 2 rings (SSSR count). The van der Waals surface area contributed by atoms with Crippen molar-refractivity contribution >= 4 is 5.97 Å². The number of ether oxygens (including phenoxy) is 2. The molecule has 104 valence electrons. The van der Waals surface area contributed by atoms with Gasteiger partial charge >= 0.3 is 5.97 Å². The van der Waals surface area contributed by atoms with Gasteiger partial charge in [0.05, 0.1) is 13.2 Å². The Labute approximate surface area is 109 Å². The van der Waals surface area contributed by atoms with Crippen LogP contribution in [-0.2, 0) is 14.3 Å². The smallest absolute Gasteiger partial charge is 0.326 e. The number of rotatable bonds is 3. The number of nitrogens with one attached hydrogen (secondary N) is 1. The first kappa shape index (κ1) is 13.8. The molecule has 1 saturated heterocycles. The quantitative estimate of drug-likeness (QED) is 0.784. The van der Waals surface area contributed by atoms with Crippen molar-refractivity contribution in [3.8, 4) is 0 Å². The van der Waals surface area contributed by atoms with Gasteiger partial charge in [0, 0.05) is 19.1 Å². The number of hydrogen-bond donors (Lipinski definition) is 1. The third kappa shape index (κ3) is 3.04. The number of carbonyl (C=O) groups excluding carboxylic acids is 1. The molecule has 1 aliphatic carbocycles. The van der Waals surface area contributed by atoms with E-state index in [1.165, 1.54) is 39.2 Å². The highest BCUT2D eigenvalue weighted by Crippen LogP contribution is 2.29. The van der Waals surface area contributed by atoms with Crippen LogP contribution in [0, 0.1) is 0 Å². The normalized spacial score (nSPS) is 34.2. The summed E-state index contributed by atoms with van der Waals surface area (Å²) in [6.45, 7) is 2.66. The fourth-order valence-corrected chi connectivity index (χ4v) is 3.29. The van der Waals surface area contributed by atoms with Crippen LogP contribution < -0.4 is 5.32 Å². The molecule has 0 spiro atoms. The summed E-state index contributed by atoms with van der Waals surface area (Å²) in [5.74, 6) is -0.122. The summed E-state index contributed by atoms with van der Waals surface area (Å²) in [5, 5.41) is 3.60. The Morgan fingerprint density at radius 3 is 2.67 bits per heavy atom. The molecule has 1 saturated carbocycles. The zero-order valence-corrected chi connectivity index (χ0v) is 11.5. The van der Waals surface area contributed by atoms with Crippen LogP contribution in [-0.4, -0.2) is 37.4 Å². The maximum atomic E-state index is 12.2. The van der Waals surface area contributed by atoms with Crippen molar-refractivity contribution in [2.75, 3.05) is 13.7 Å². The minimum atomic E-state index is -0.519. The summed E-state index contributed by atoms with van der Waals surface area (Å²) >= 11 is 0. The van der Waals surface area contributed by atoms with Gasteiger partial charge in [0.25, 0.3) is 0 Å². The summed E-state index contributed by atoms with van der Waals surface area (Å²) in [5.41, 5.74) is -0.519. The molecule has 1 heterocycles. The lowest BCUT2D eigenvalue weighted by molar-refractivity contribution is -0.156. The zero-order valence-electron chi connectivity index (χ0n) is 11.5. The van der Waals surface area contributed by atoms with Crippen LogP contribution in [0.1, 0.15) is 51.9 Å². The van der Waals surface area contributed by atoms with Crippen LogP contribution in [0.3, 0.4) is 0 Å². The van der Waals surface area contributed by atoms with Gasteiger partial charge in [0.15, 0.2) is 0 Å². The summed E-state index contributed by atoms with van der Waals surface area (Å²) < 4.78 is 10.6. The monoisotopic (exact) mass is 255 g/mol. The van der Waals surface area contributed by atoms with Crippen LogP contribution >= 0.6 is 0 Å². The van der Waals surface area contributed by atoms with Gasteiger partial charge in [-0.05, 0) is 26.2 Å². The second-order valence-corrected chi connectivity index (χ2v) is 5.69. The molecular formula is C14H25NO3. The Hall–Kier alpha value is -0.610. The minimum absolute atomic E-state index is 0.119. The molecule has 0 amide bonds. The summed E-state index contributed by atoms with van der Waals surface area (Å²) in [4.78, 5) is 12.2. The van der Waals surface area contributed by atoms with Gasteiger partial charge in [0.2, 0.25) is 0 Å². The third-order valence-electron chi connectivity index (χ3n) is 4.23. The van der Waals surface area contributed by atoms with Crippen LogP contribution in [0.2, 0.25) is 0 Å². The molecule has 18 heavy (non-hydrogen) atoms. The Kier molecular flexibility index (Phi) is 4.62.